The number of carbonyl (C=O) groups excluding carboxylic acids is 4. The molecule has 1 aromatic carbocycles. The van der Waals surface area contributed by atoms with Crippen LogP contribution in [0.1, 0.15) is 98.1 Å². The van der Waals surface area contributed by atoms with Crippen LogP contribution in [0.2, 0.25) is 0 Å². The molecular weight excluding hydrogens is 538 g/mol. The third kappa shape index (κ3) is 13.7. The molecule has 2 aliphatic heterocycles. The predicted molar refractivity (Wildman–Crippen MR) is 160 cm³/mol. The Morgan fingerprint density at radius 2 is 1.69 bits per heavy atom. The normalized spacial score (nSPS) is 18.6. The standard InChI is InChI=1S/C27H41N3O5.C5H10O2/c1-27(2,3)35-25(33)17-23(20-7-9-22(31)10-8-20)29-26(34)21-5-4-16-30(18-21)24(32)11-6-19-12-14-28-15-13-19;1-5(2,3)7-4-6/h7-10,19,21,23,28,31H,4-6,11-18H2,1-3H3,(H,29,34);4H,1-3H3/t21-,23?;/m1./s1. The highest BCUT2D eigenvalue weighted by Crippen LogP contribution is 2.25. The van der Waals surface area contributed by atoms with Gasteiger partial charge in [-0.2, -0.15) is 0 Å². The van der Waals surface area contributed by atoms with Gasteiger partial charge in [0, 0.05) is 19.5 Å². The number of likely N-dealkylation sites (tertiary alicyclic amines) is 1. The number of hydrogen-bond acceptors (Lipinski definition) is 8. The summed E-state index contributed by atoms with van der Waals surface area (Å²) in [5.74, 6) is -0.0449. The monoisotopic (exact) mass is 589 g/mol. The zero-order valence-corrected chi connectivity index (χ0v) is 26.2. The fourth-order valence-corrected chi connectivity index (χ4v) is 5.02. The van der Waals surface area contributed by atoms with Gasteiger partial charge in [0.1, 0.15) is 17.0 Å². The summed E-state index contributed by atoms with van der Waals surface area (Å²) in [4.78, 5) is 50.0. The number of ether oxygens (including phenoxy) is 2. The number of aromatic hydroxyl groups is 1. The van der Waals surface area contributed by atoms with Crippen LogP contribution in [0.3, 0.4) is 0 Å². The van der Waals surface area contributed by atoms with Gasteiger partial charge < -0.3 is 30.1 Å². The molecular formula is C32H51N3O7. The number of nitrogens with zero attached hydrogens (tertiary/aromatic N) is 1. The molecule has 10 heteroatoms. The number of nitrogens with one attached hydrogen (secondary N) is 2. The van der Waals surface area contributed by atoms with Gasteiger partial charge in [0.25, 0.3) is 6.47 Å². The Balaban J connectivity index is 0.000000782. The molecule has 0 radical (unpaired) electrons. The van der Waals surface area contributed by atoms with E-state index in [9.17, 15) is 24.3 Å². The van der Waals surface area contributed by atoms with Gasteiger partial charge in [-0.1, -0.05) is 12.1 Å². The van der Waals surface area contributed by atoms with E-state index >= 15 is 0 Å². The zero-order valence-electron chi connectivity index (χ0n) is 26.2. The Morgan fingerprint density at radius 3 is 2.24 bits per heavy atom. The third-order valence-corrected chi connectivity index (χ3v) is 7.17. The number of rotatable bonds is 9. The lowest BCUT2D eigenvalue weighted by Crippen LogP contribution is -2.46. The van der Waals surface area contributed by atoms with Crippen molar-refractivity contribution in [2.45, 2.75) is 104 Å². The second kappa shape index (κ2) is 16.5. The lowest BCUT2D eigenvalue weighted by molar-refractivity contribution is -0.155. The number of benzene rings is 1. The molecule has 10 nitrogen and oxygen atoms in total. The summed E-state index contributed by atoms with van der Waals surface area (Å²) in [5, 5.41) is 16.0. The molecule has 3 N–H and O–H groups in total. The SMILES string of the molecule is CC(C)(C)OC(=O)CC(NC(=O)[C@@H]1CCCN(C(=O)CCC2CCNCC2)C1)c1ccc(O)cc1.CC(C)(C)OC=O. The van der Waals surface area contributed by atoms with Crippen LogP contribution >= 0.6 is 0 Å². The predicted octanol–water partition coefficient (Wildman–Crippen LogP) is 4.26. The maximum Gasteiger partial charge on any atom is 0.308 e. The fourth-order valence-electron chi connectivity index (χ4n) is 5.02. The lowest BCUT2D eigenvalue weighted by Gasteiger charge is -2.33. The number of phenols is 1. The van der Waals surface area contributed by atoms with Gasteiger partial charge in [-0.15, -0.1) is 0 Å². The minimum absolute atomic E-state index is 0.0145. The van der Waals surface area contributed by atoms with Crippen LogP contribution < -0.4 is 10.6 Å². The van der Waals surface area contributed by atoms with E-state index in [4.69, 9.17) is 4.74 Å². The van der Waals surface area contributed by atoms with E-state index in [2.05, 4.69) is 15.4 Å². The third-order valence-electron chi connectivity index (χ3n) is 7.17. The molecule has 2 atom stereocenters. The fraction of sp³-hybridized carbons (Fsp3) is 0.688. The highest BCUT2D eigenvalue weighted by Gasteiger charge is 2.31. The van der Waals surface area contributed by atoms with Crippen molar-refractivity contribution in [1.29, 1.82) is 0 Å². The van der Waals surface area contributed by atoms with E-state index < -0.39 is 17.6 Å². The molecule has 1 aromatic rings. The Kier molecular flexibility index (Phi) is 13.8. The summed E-state index contributed by atoms with van der Waals surface area (Å²) in [7, 11) is 0. The largest absolute Gasteiger partial charge is 0.508 e. The van der Waals surface area contributed by atoms with Crippen molar-refractivity contribution in [3.8, 4) is 5.75 Å². The Morgan fingerprint density at radius 1 is 1.05 bits per heavy atom. The van der Waals surface area contributed by atoms with Crippen LogP contribution in [0.25, 0.3) is 0 Å². The van der Waals surface area contributed by atoms with Gasteiger partial charge in [0.05, 0.1) is 18.4 Å². The summed E-state index contributed by atoms with van der Waals surface area (Å²) in [6.07, 6.45) is 5.16. The quantitative estimate of drug-likeness (QED) is 0.287. The van der Waals surface area contributed by atoms with E-state index in [-0.39, 0.29) is 35.5 Å². The summed E-state index contributed by atoms with van der Waals surface area (Å²) in [6, 6.07) is 5.88. The number of phenolic OH excluding ortho intramolecular Hbond substituents is 1. The molecule has 3 rings (SSSR count). The summed E-state index contributed by atoms with van der Waals surface area (Å²) in [6.45, 7) is 14.5. The molecule has 0 aromatic heterocycles. The number of amides is 2. The van der Waals surface area contributed by atoms with Crippen LogP contribution in [0.15, 0.2) is 24.3 Å². The van der Waals surface area contributed by atoms with E-state index in [0.717, 1.165) is 38.8 Å². The van der Waals surface area contributed by atoms with Crippen molar-refractivity contribution in [3.63, 3.8) is 0 Å². The number of piperidine rings is 2. The van der Waals surface area contributed by atoms with Crippen molar-refractivity contribution in [2.24, 2.45) is 11.8 Å². The molecule has 0 spiro atoms. The average molecular weight is 590 g/mol. The molecule has 0 aliphatic carbocycles. The number of carbonyl (C=O) groups is 4. The van der Waals surface area contributed by atoms with Crippen molar-refractivity contribution in [2.75, 3.05) is 26.2 Å². The minimum atomic E-state index is -0.626. The maximum atomic E-state index is 13.2. The highest BCUT2D eigenvalue weighted by atomic mass is 16.6. The van der Waals surface area contributed by atoms with E-state index in [1.165, 1.54) is 12.1 Å². The van der Waals surface area contributed by atoms with E-state index in [0.29, 0.717) is 43.9 Å². The molecule has 0 bridgehead atoms. The molecule has 2 amide bonds. The topological polar surface area (TPSA) is 134 Å². The smallest absolute Gasteiger partial charge is 0.308 e. The van der Waals surface area contributed by atoms with Crippen LogP contribution in [0, 0.1) is 11.8 Å². The number of esters is 1. The number of hydrogen-bond donors (Lipinski definition) is 3. The molecule has 236 valence electrons. The van der Waals surface area contributed by atoms with Crippen molar-refractivity contribution >= 4 is 24.3 Å². The minimum Gasteiger partial charge on any atom is -0.508 e. The first-order valence-corrected chi connectivity index (χ1v) is 15.1. The second-order valence-electron chi connectivity index (χ2n) is 13.2. The Labute approximate surface area is 250 Å². The molecule has 2 saturated heterocycles. The van der Waals surface area contributed by atoms with E-state index in [1.54, 1.807) is 32.9 Å². The molecule has 2 fully saturated rings. The molecule has 1 unspecified atom stereocenters. The summed E-state index contributed by atoms with van der Waals surface area (Å²) >= 11 is 0. The van der Waals surface area contributed by atoms with Gasteiger partial charge >= 0.3 is 5.97 Å². The van der Waals surface area contributed by atoms with E-state index in [1.807, 2.05) is 25.7 Å². The van der Waals surface area contributed by atoms with Gasteiger partial charge in [0.15, 0.2) is 0 Å². The van der Waals surface area contributed by atoms with Gasteiger partial charge in [-0.25, -0.2) is 0 Å². The van der Waals surface area contributed by atoms with Gasteiger partial charge in [-0.05, 0) is 110 Å². The second-order valence-corrected chi connectivity index (χ2v) is 13.2. The summed E-state index contributed by atoms with van der Waals surface area (Å²) < 4.78 is 10.0. The first-order chi connectivity index (χ1) is 19.7. The first-order valence-electron chi connectivity index (χ1n) is 15.1. The summed E-state index contributed by atoms with van der Waals surface area (Å²) in [5.41, 5.74) is -0.228. The molecule has 0 saturated carbocycles. The van der Waals surface area contributed by atoms with Crippen molar-refractivity contribution in [1.82, 2.24) is 15.5 Å². The zero-order chi connectivity index (χ0) is 31.3. The Hall–Kier alpha value is -3.14. The first kappa shape index (κ1) is 35.1. The van der Waals surface area contributed by atoms with Gasteiger partial charge in [-0.3, -0.25) is 19.2 Å². The Bertz CT molecular complexity index is 1010. The molecule has 2 heterocycles. The van der Waals surface area contributed by atoms with Crippen LogP contribution in [-0.4, -0.2) is 71.6 Å². The van der Waals surface area contributed by atoms with Crippen LogP contribution in [0.5, 0.6) is 5.75 Å². The molecule has 42 heavy (non-hydrogen) atoms. The van der Waals surface area contributed by atoms with Crippen molar-refractivity contribution < 1.29 is 33.8 Å². The maximum absolute atomic E-state index is 13.2. The lowest BCUT2D eigenvalue weighted by atomic mass is 9.92. The highest BCUT2D eigenvalue weighted by molar-refractivity contribution is 5.82. The van der Waals surface area contributed by atoms with Crippen LogP contribution in [0.4, 0.5) is 0 Å². The van der Waals surface area contributed by atoms with Crippen LogP contribution in [-0.2, 0) is 28.7 Å². The molecule has 2 aliphatic rings. The van der Waals surface area contributed by atoms with Gasteiger partial charge in [0.2, 0.25) is 11.8 Å². The average Bonchev–Trinajstić information content (AvgIpc) is 2.91. The van der Waals surface area contributed by atoms with Crippen molar-refractivity contribution in [3.05, 3.63) is 29.8 Å².